The highest BCUT2D eigenvalue weighted by molar-refractivity contribution is 7.20. The molecule has 4 rings (SSSR count). The highest BCUT2D eigenvalue weighted by atomic mass is 79.9. The van der Waals surface area contributed by atoms with Crippen molar-refractivity contribution < 1.29 is 40.8 Å². The Balaban J connectivity index is 0.00000342. The lowest BCUT2D eigenvalue weighted by Gasteiger charge is -2.41. The van der Waals surface area contributed by atoms with Gasteiger partial charge in [0, 0.05) is 22.8 Å². The van der Waals surface area contributed by atoms with Crippen molar-refractivity contribution in [1.29, 1.82) is 0 Å². The molecule has 1 N–H and O–H groups in total. The molecule has 2 heterocycles. The first-order chi connectivity index (χ1) is 16.4. The van der Waals surface area contributed by atoms with Gasteiger partial charge < -0.3 is 36.0 Å². The van der Waals surface area contributed by atoms with Crippen LogP contribution in [-0.4, -0.2) is 55.8 Å². The number of ketones is 1. The summed E-state index contributed by atoms with van der Waals surface area (Å²) in [4.78, 5) is 13.5. The van der Waals surface area contributed by atoms with E-state index >= 15 is 0 Å². The second kappa shape index (κ2) is 12.3. The van der Waals surface area contributed by atoms with Crippen LogP contribution in [0.5, 0.6) is 11.5 Å². The molecule has 1 atom stereocenters. The van der Waals surface area contributed by atoms with Gasteiger partial charge in [-0.2, -0.15) is 0 Å². The van der Waals surface area contributed by atoms with Gasteiger partial charge in [-0.15, -0.1) is 11.3 Å². The summed E-state index contributed by atoms with van der Waals surface area (Å²) in [5, 5.41) is 11.5. The van der Waals surface area contributed by atoms with Crippen LogP contribution in [0.15, 0.2) is 48.5 Å². The van der Waals surface area contributed by atoms with E-state index in [2.05, 4.69) is 37.4 Å². The number of aliphatic hydroxyl groups excluding tert-OH is 1. The lowest BCUT2D eigenvalue weighted by molar-refractivity contribution is -0.928. The molecule has 0 bridgehead atoms. The van der Waals surface area contributed by atoms with E-state index in [1.165, 1.54) is 42.8 Å². The number of thiophene rings is 1. The van der Waals surface area contributed by atoms with Crippen molar-refractivity contribution in [2.24, 2.45) is 5.92 Å². The van der Waals surface area contributed by atoms with Gasteiger partial charge in [0.05, 0.1) is 45.3 Å². The van der Waals surface area contributed by atoms with E-state index < -0.39 is 6.10 Å². The van der Waals surface area contributed by atoms with E-state index in [0.29, 0.717) is 28.7 Å². The molecule has 1 aliphatic heterocycles. The number of methoxy groups -OCH3 is 2. The van der Waals surface area contributed by atoms with Crippen molar-refractivity contribution in [3.63, 3.8) is 0 Å². The third-order valence-corrected chi connectivity index (χ3v) is 8.33. The lowest BCUT2D eigenvalue weighted by atomic mass is 9.89. The third-order valence-electron chi connectivity index (χ3n) is 7.19. The molecule has 35 heavy (non-hydrogen) atoms. The summed E-state index contributed by atoms with van der Waals surface area (Å²) in [5.41, 5.74) is 1.40. The van der Waals surface area contributed by atoms with Crippen LogP contribution >= 0.6 is 11.3 Å². The predicted molar refractivity (Wildman–Crippen MR) is 138 cm³/mol. The van der Waals surface area contributed by atoms with E-state index in [0.717, 1.165) is 27.5 Å². The zero-order valence-corrected chi connectivity index (χ0v) is 23.2. The maximum absolute atomic E-state index is 12.8. The molecular weight excluding hydrogens is 526 g/mol. The van der Waals surface area contributed by atoms with E-state index in [1.54, 1.807) is 14.2 Å². The molecule has 1 fully saturated rings. The van der Waals surface area contributed by atoms with Gasteiger partial charge in [-0.1, -0.05) is 30.3 Å². The first-order valence-corrected chi connectivity index (χ1v) is 12.9. The number of hydrogen-bond acceptors (Lipinski definition) is 5. The average molecular weight is 563 g/mol. The quantitative estimate of drug-likeness (QED) is 0.305. The second-order valence-electron chi connectivity index (χ2n) is 9.87. The van der Waals surface area contributed by atoms with Gasteiger partial charge in [-0.25, -0.2) is 0 Å². The molecule has 1 aliphatic rings. The smallest absolute Gasteiger partial charge is 0.175 e. The second-order valence-corrected chi connectivity index (χ2v) is 11.0. The number of piperidine rings is 1. The summed E-state index contributed by atoms with van der Waals surface area (Å²) < 4.78 is 12.8. The van der Waals surface area contributed by atoms with E-state index in [9.17, 15) is 9.90 Å². The SMILES string of the molecule is COc1cc2cc(C(=O)CC(O)CCC3CC[N+](C)(Cc4ccccc4)CC3)sc2cc1OC.[Br-]. The van der Waals surface area contributed by atoms with Gasteiger partial charge in [0.15, 0.2) is 17.3 Å². The van der Waals surface area contributed by atoms with E-state index in [-0.39, 0.29) is 29.2 Å². The Morgan fingerprint density at radius 1 is 1.09 bits per heavy atom. The van der Waals surface area contributed by atoms with Crippen molar-refractivity contribution >= 4 is 27.2 Å². The van der Waals surface area contributed by atoms with Gasteiger partial charge >= 0.3 is 0 Å². The minimum Gasteiger partial charge on any atom is -1.00 e. The largest absolute Gasteiger partial charge is 1.00 e. The van der Waals surface area contributed by atoms with Crippen LogP contribution in [0.3, 0.4) is 0 Å². The van der Waals surface area contributed by atoms with Crippen LogP contribution in [0, 0.1) is 5.92 Å². The fourth-order valence-corrected chi connectivity index (χ4v) is 6.09. The van der Waals surface area contributed by atoms with Crippen LogP contribution in [0.4, 0.5) is 0 Å². The number of quaternary nitrogens is 1. The van der Waals surface area contributed by atoms with E-state index in [1.807, 2.05) is 18.2 Å². The van der Waals surface area contributed by atoms with Gasteiger partial charge in [-0.3, -0.25) is 4.79 Å². The molecule has 1 aromatic heterocycles. The lowest BCUT2D eigenvalue weighted by Crippen LogP contribution is -3.00. The Kier molecular flexibility index (Phi) is 9.76. The highest BCUT2D eigenvalue weighted by Crippen LogP contribution is 2.37. The molecule has 7 heteroatoms. The van der Waals surface area contributed by atoms with E-state index in [4.69, 9.17) is 9.47 Å². The molecule has 2 aromatic carbocycles. The number of carbonyl (C=O) groups is 1. The highest BCUT2D eigenvalue weighted by Gasteiger charge is 2.30. The van der Waals surface area contributed by atoms with Crippen molar-refractivity contribution in [3.05, 3.63) is 59.0 Å². The molecule has 1 unspecified atom stereocenters. The van der Waals surface area contributed by atoms with Crippen molar-refractivity contribution in [2.45, 2.75) is 44.8 Å². The summed E-state index contributed by atoms with van der Waals surface area (Å²) in [5.74, 6) is 1.94. The number of hydrogen-bond donors (Lipinski definition) is 1. The van der Waals surface area contributed by atoms with Crippen LogP contribution in [0.2, 0.25) is 0 Å². The Morgan fingerprint density at radius 3 is 2.40 bits per heavy atom. The first kappa shape index (κ1) is 27.7. The monoisotopic (exact) mass is 561 g/mol. The van der Waals surface area contributed by atoms with Gasteiger partial charge in [-0.05, 0) is 49.1 Å². The molecule has 0 amide bonds. The summed E-state index contributed by atoms with van der Waals surface area (Å²) in [6.45, 7) is 3.42. The predicted octanol–water partition coefficient (Wildman–Crippen LogP) is 2.69. The van der Waals surface area contributed by atoms with Gasteiger partial charge in [0.25, 0.3) is 0 Å². The molecular formula is C28H36BrNO4S. The molecule has 0 spiro atoms. The van der Waals surface area contributed by atoms with Crippen LogP contribution in [0.1, 0.15) is 47.3 Å². The number of halogens is 1. The number of nitrogens with zero attached hydrogens (tertiary/aromatic N) is 1. The van der Waals surface area contributed by atoms with Crippen molar-refractivity contribution in [3.8, 4) is 11.5 Å². The summed E-state index contributed by atoms with van der Waals surface area (Å²) in [6.07, 6.45) is 3.63. The average Bonchev–Trinajstić information content (AvgIpc) is 3.26. The first-order valence-electron chi connectivity index (χ1n) is 12.1. The van der Waals surface area contributed by atoms with Crippen LogP contribution in [0.25, 0.3) is 10.1 Å². The third kappa shape index (κ3) is 7.06. The maximum Gasteiger partial charge on any atom is 0.175 e. The fraction of sp³-hybridized carbons (Fsp3) is 0.464. The number of likely N-dealkylation sites (tertiary alicyclic amines) is 1. The molecule has 3 aromatic rings. The van der Waals surface area contributed by atoms with Crippen LogP contribution < -0.4 is 26.5 Å². The molecule has 190 valence electrons. The maximum atomic E-state index is 12.8. The Morgan fingerprint density at radius 2 is 1.74 bits per heavy atom. The number of aliphatic hydroxyl groups is 1. The number of Topliss-reactive ketones (excluding diaryl/α,β-unsaturated/α-hetero) is 1. The molecule has 5 nitrogen and oxygen atoms in total. The number of rotatable bonds is 10. The number of ether oxygens (including phenoxy) is 2. The molecule has 0 aliphatic carbocycles. The fourth-order valence-electron chi connectivity index (χ4n) is 5.06. The zero-order valence-electron chi connectivity index (χ0n) is 20.8. The Labute approximate surface area is 223 Å². The number of fused-ring (bicyclic) bond motifs is 1. The summed E-state index contributed by atoms with van der Waals surface area (Å²) in [6, 6.07) is 16.4. The zero-order chi connectivity index (χ0) is 24.1. The molecule has 0 saturated carbocycles. The minimum absolute atomic E-state index is 0. The Hall–Kier alpha value is -1.93. The Bertz CT molecular complexity index is 1070. The summed E-state index contributed by atoms with van der Waals surface area (Å²) >= 11 is 1.44. The topological polar surface area (TPSA) is 55.8 Å². The summed E-state index contributed by atoms with van der Waals surface area (Å²) in [7, 11) is 5.56. The van der Waals surface area contributed by atoms with Gasteiger partial charge in [0.2, 0.25) is 0 Å². The van der Waals surface area contributed by atoms with Crippen molar-refractivity contribution in [2.75, 3.05) is 34.4 Å². The number of carbonyl (C=O) groups excluding carboxylic acids is 1. The van der Waals surface area contributed by atoms with Crippen molar-refractivity contribution in [1.82, 2.24) is 0 Å². The molecule has 1 saturated heterocycles. The number of benzene rings is 2. The molecule has 0 radical (unpaired) electrons. The minimum atomic E-state index is -0.589. The standard InChI is InChI=1S/C28H36NO4S.BrH/c1-29(19-21-7-5-4-6-8-21)13-11-20(12-14-29)9-10-23(30)17-24(31)28-16-22-15-25(32-2)26(33-3)18-27(22)34-28;/h4-8,15-16,18,20,23,30H,9-14,17,19H2,1-3H3;1H/q+1;/p-1. The van der Waals surface area contributed by atoms with Crippen LogP contribution in [-0.2, 0) is 6.54 Å². The normalized spacial score (nSPS) is 20.7. The van der Waals surface area contributed by atoms with Gasteiger partial charge in [0.1, 0.15) is 6.54 Å².